The van der Waals surface area contributed by atoms with E-state index in [1.165, 1.54) is 30.9 Å². The van der Waals surface area contributed by atoms with Crippen molar-refractivity contribution in [2.24, 2.45) is 5.41 Å². The van der Waals surface area contributed by atoms with Gasteiger partial charge >= 0.3 is 0 Å². The minimum absolute atomic E-state index is 0.0286. The Morgan fingerprint density at radius 3 is 2.32 bits per heavy atom. The zero-order valence-corrected chi connectivity index (χ0v) is 41.1. The molecule has 1 saturated heterocycles. The van der Waals surface area contributed by atoms with Gasteiger partial charge in [0.2, 0.25) is 17.7 Å². The van der Waals surface area contributed by atoms with Crippen LogP contribution in [0.4, 0.5) is 13.2 Å². The van der Waals surface area contributed by atoms with Gasteiger partial charge in [-0.3, -0.25) is 19.3 Å². The van der Waals surface area contributed by atoms with Gasteiger partial charge in [0.1, 0.15) is 41.7 Å². The number of alkyl halides is 1. The van der Waals surface area contributed by atoms with Crippen molar-refractivity contribution in [2.45, 2.75) is 136 Å². The van der Waals surface area contributed by atoms with Crippen molar-refractivity contribution in [3.63, 3.8) is 0 Å². The maximum Gasteiger partial charge on any atom is 0.246 e. The van der Waals surface area contributed by atoms with E-state index in [0.717, 1.165) is 56.8 Å². The largest absolute Gasteiger partial charge is 0.493 e. The van der Waals surface area contributed by atoms with Crippen LogP contribution in [-0.4, -0.2) is 100 Å². The average Bonchev–Trinajstić information content (AvgIpc) is 4.00. The number of β-amino-alcohol motifs (C(OH)–C–C–N with tert-alkyl or cyclic N) is 1. The molecule has 7 rings (SSSR count). The Morgan fingerprint density at radius 2 is 1.66 bits per heavy atom. The number of aliphatic hydroxyl groups excluding tert-OH is 1. The summed E-state index contributed by atoms with van der Waals surface area (Å²) in [5.74, 6) is -2.66. The van der Waals surface area contributed by atoms with Crippen LogP contribution >= 0.6 is 11.3 Å². The highest BCUT2D eigenvalue weighted by Gasteiger charge is 2.45. The summed E-state index contributed by atoms with van der Waals surface area (Å²) in [5.41, 5.74) is 6.54. The molecule has 3 N–H and O–H groups in total. The monoisotopic (exact) mass is 957 g/mol. The lowest BCUT2D eigenvalue weighted by Gasteiger charge is -2.44. The molecule has 0 radical (unpaired) electrons. The topological polar surface area (TPSA) is 133 Å². The van der Waals surface area contributed by atoms with Crippen LogP contribution in [0.15, 0.2) is 71.7 Å². The number of nitrogens with one attached hydrogen (secondary N) is 2. The lowest BCUT2D eigenvalue weighted by Crippen LogP contribution is -2.58. The first-order valence-electron chi connectivity index (χ1n) is 23.8. The van der Waals surface area contributed by atoms with Crippen LogP contribution in [-0.2, 0) is 32.1 Å². The Bertz CT molecular complexity index is 2440. The van der Waals surface area contributed by atoms with Gasteiger partial charge in [-0.25, -0.2) is 18.2 Å². The van der Waals surface area contributed by atoms with Crippen LogP contribution < -0.4 is 15.4 Å². The molecule has 1 fully saturated rings. The number of aliphatic hydroxyl groups is 1. The van der Waals surface area contributed by atoms with Crippen molar-refractivity contribution in [2.75, 3.05) is 32.9 Å². The van der Waals surface area contributed by atoms with Crippen LogP contribution in [0.3, 0.4) is 0 Å². The first kappa shape index (κ1) is 50.8. The number of fused-ring (bicyclic) bond motifs is 2. The van der Waals surface area contributed by atoms with Crippen LogP contribution in [0.2, 0.25) is 0 Å². The molecule has 68 heavy (non-hydrogen) atoms. The zero-order chi connectivity index (χ0) is 48.9. The standard InChI is InChI=1S/C53H66F3N5O6S/c1-32-22-40-39-15-11-10-14-36(39)23-41(40)47(61(32)30-53(6,7)56)46-42(54)25-38(26-43(46)55)67-21-13-9-8-12-20-66-29-45(63)59-49(52(3,4)5)51(65)60-28-37(62)24-44(60)50(64)57-27-34-16-18-35(19-17-34)48-33(2)58-31-68-48/h10-11,14-19,25-26,31-32,37,44,47,49,62H,8-9,12-13,20-24,27-30H2,1-7H3,(H,57,64)(H,59,63)/t32-,37-,44+,47+,49-/m1/s1. The number of nitrogens with zero attached hydrogens (tertiary/aromatic N) is 3. The van der Waals surface area contributed by atoms with Crippen molar-refractivity contribution >= 4 is 34.6 Å². The first-order chi connectivity index (χ1) is 32.3. The Kier molecular flexibility index (Phi) is 16.2. The van der Waals surface area contributed by atoms with E-state index in [0.29, 0.717) is 32.3 Å². The lowest BCUT2D eigenvalue weighted by molar-refractivity contribution is -0.144. The van der Waals surface area contributed by atoms with Crippen LogP contribution in [0.5, 0.6) is 5.75 Å². The fourth-order valence-corrected chi connectivity index (χ4v) is 10.6. The summed E-state index contributed by atoms with van der Waals surface area (Å²) in [4.78, 5) is 49.2. The molecule has 366 valence electrons. The number of unbranched alkanes of at least 4 members (excludes halogenated alkanes) is 3. The van der Waals surface area contributed by atoms with Gasteiger partial charge in [0, 0.05) is 56.4 Å². The predicted molar refractivity (Wildman–Crippen MR) is 259 cm³/mol. The first-order valence-corrected chi connectivity index (χ1v) is 24.7. The Morgan fingerprint density at radius 1 is 0.971 bits per heavy atom. The highest BCUT2D eigenvalue weighted by molar-refractivity contribution is 7.13. The van der Waals surface area contributed by atoms with E-state index >= 15 is 13.2 Å². The summed E-state index contributed by atoms with van der Waals surface area (Å²) in [6, 6.07) is 15.6. The number of halogens is 3. The number of thiazole rings is 1. The Labute approximate surface area is 402 Å². The molecule has 3 aliphatic rings. The number of hydrogen-bond donors (Lipinski definition) is 3. The maximum atomic E-state index is 16.1. The molecule has 1 aromatic heterocycles. The van der Waals surface area contributed by atoms with Crippen molar-refractivity contribution in [1.29, 1.82) is 0 Å². The van der Waals surface area contributed by atoms with E-state index in [2.05, 4.69) is 21.7 Å². The maximum absolute atomic E-state index is 16.1. The van der Waals surface area contributed by atoms with Crippen molar-refractivity contribution < 1.29 is 42.1 Å². The fourth-order valence-electron chi connectivity index (χ4n) is 9.75. The van der Waals surface area contributed by atoms with E-state index in [1.807, 2.05) is 82.0 Å². The molecular formula is C53H66F3N5O6S. The predicted octanol–water partition coefficient (Wildman–Crippen LogP) is 9.05. The second-order valence-electron chi connectivity index (χ2n) is 20.2. The third kappa shape index (κ3) is 12.2. The van der Waals surface area contributed by atoms with Crippen molar-refractivity contribution in [3.05, 3.63) is 111 Å². The van der Waals surface area contributed by atoms with Gasteiger partial charge in [-0.15, -0.1) is 11.3 Å². The van der Waals surface area contributed by atoms with E-state index in [-0.39, 0.29) is 62.5 Å². The summed E-state index contributed by atoms with van der Waals surface area (Å²) in [5, 5.41) is 16.3. The number of ether oxygens (including phenoxy) is 2. The molecule has 0 saturated carbocycles. The van der Waals surface area contributed by atoms with E-state index in [9.17, 15) is 19.5 Å². The molecule has 0 bridgehead atoms. The second-order valence-corrected chi connectivity index (χ2v) is 21.1. The molecule has 1 aliphatic carbocycles. The molecule has 5 atom stereocenters. The van der Waals surface area contributed by atoms with Crippen molar-refractivity contribution in [1.82, 2.24) is 25.4 Å². The molecule has 4 aromatic rings. The van der Waals surface area contributed by atoms with Crippen LogP contribution in [0.25, 0.3) is 16.0 Å². The Hall–Kier alpha value is -5.09. The molecule has 3 amide bonds. The summed E-state index contributed by atoms with van der Waals surface area (Å²) >= 11 is 1.57. The number of likely N-dealkylation sites (tertiary alicyclic amines) is 1. The number of hydrogen-bond acceptors (Lipinski definition) is 9. The van der Waals surface area contributed by atoms with Crippen LogP contribution in [0.1, 0.15) is 114 Å². The number of aryl methyl sites for hydroxylation is 1. The molecule has 0 unspecified atom stereocenters. The van der Waals surface area contributed by atoms with Gasteiger partial charge in [-0.1, -0.05) is 75.7 Å². The van der Waals surface area contributed by atoms with Crippen LogP contribution in [0, 0.1) is 24.0 Å². The van der Waals surface area contributed by atoms with Gasteiger partial charge in [0.05, 0.1) is 34.8 Å². The summed E-state index contributed by atoms with van der Waals surface area (Å²) < 4.78 is 58.8. The smallest absolute Gasteiger partial charge is 0.246 e. The van der Waals surface area contributed by atoms with Gasteiger partial charge in [-0.05, 0) is 98.6 Å². The lowest BCUT2D eigenvalue weighted by atomic mass is 9.84. The SMILES string of the molecule is Cc1ncsc1-c1ccc(CNC(=O)[C@@H]2C[C@@H](O)CN2C(=O)[C@@H](NC(=O)COCCCCCCOc2cc(F)c([C@@H]3C4=C(C[C@@H](C)N3CC(C)(C)F)c3ccccc3C4)c(F)c2)C(C)(C)C)cc1. The van der Waals surface area contributed by atoms with Gasteiger partial charge < -0.3 is 30.1 Å². The molecule has 0 spiro atoms. The summed E-state index contributed by atoms with van der Waals surface area (Å²) in [7, 11) is 0. The number of carbonyl (C=O) groups excluding carboxylic acids is 3. The van der Waals surface area contributed by atoms with Gasteiger partial charge in [-0.2, -0.15) is 0 Å². The number of carbonyl (C=O) groups is 3. The summed E-state index contributed by atoms with van der Waals surface area (Å²) in [6.07, 6.45) is 3.22. The third-order valence-electron chi connectivity index (χ3n) is 13.1. The quantitative estimate of drug-likeness (QED) is 0.0794. The normalized spacial score (nSPS) is 20.0. The molecule has 15 heteroatoms. The van der Waals surface area contributed by atoms with Crippen molar-refractivity contribution in [3.8, 4) is 16.2 Å². The van der Waals surface area contributed by atoms with Gasteiger partial charge in [0.15, 0.2) is 0 Å². The number of aromatic nitrogens is 1. The Balaban J connectivity index is 0.840. The average molecular weight is 958 g/mol. The summed E-state index contributed by atoms with van der Waals surface area (Å²) in [6.45, 7) is 12.9. The molecule has 3 heterocycles. The molecule has 11 nitrogen and oxygen atoms in total. The van der Waals surface area contributed by atoms with Gasteiger partial charge in [0.25, 0.3) is 0 Å². The number of amides is 3. The zero-order valence-electron chi connectivity index (χ0n) is 40.3. The molecule has 3 aromatic carbocycles. The minimum Gasteiger partial charge on any atom is -0.493 e. The number of rotatable bonds is 19. The second kappa shape index (κ2) is 21.7. The third-order valence-corrected chi connectivity index (χ3v) is 14.1. The number of benzene rings is 3. The van der Waals surface area contributed by atoms with E-state index in [4.69, 9.17) is 9.47 Å². The molecule has 2 aliphatic heterocycles. The fraction of sp³-hybridized carbons (Fsp3) is 0.509. The van der Waals surface area contributed by atoms with E-state index < -0.39 is 58.8 Å². The van der Waals surface area contributed by atoms with E-state index in [1.54, 1.807) is 16.8 Å². The highest BCUT2D eigenvalue weighted by Crippen LogP contribution is 2.50. The molecular weight excluding hydrogens is 892 g/mol. The highest BCUT2D eigenvalue weighted by atomic mass is 32.1. The minimum atomic E-state index is -1.57.